The Labute approximate surface area is 146 Å². The van der Waals surface area contributed by atoms with Gasteiger partial charge in [0.05, 0.1) is 5.92 Å². The van der Waals surface area contributed by atoms with Gasteiger partial charge in [-0.25, -0.2) is 0 Å². The molecule has 1 aromatic rings. The number of aryl methyl sites for hydroxylation is 3. The van der Waals surface area contributed by atoms with Gasteiger partial charge in [0.2, 0.25) is 0 Å². The second kappa shape index (κ2) is 10.1. The summed E-state index contributed by atoms with van der Waals surface area (Å²) in [5.74, 6) is -1.06. The molecule has 1 N–H and O–H groups in total. The first kappa shape index (κ1) is 20.1. The van der Waals surface area contributed by atoms with Gasteiger partial charge in [-0.15, -0.1) is 0 Å². The molecule has 1 aromatic carbocycles. The van der Waals surface area contributed by atoms with Gasteiger partial charge < -0.3 is 5.11 Å². The fourth-order valence-corrected chi connectivity index (χ4v) is 2.92. The topological polar surface area (TPSA) is 49.7 Å². The molecule has 132 valence electrons. The number of allylic oxidation sites excluding steroid dienone is 2. The molecule has 0 fully saturated rings. The summed E-state index contributed by atoms with van der Waals surface area (Å²) in [6, 6.07) is 6.54. The summed E-state index contributed by atoms with van der Waals surface area (Å²) in [6.07, 6.45) is 5.74. The van der Waals surface area contributed by atoms with Crippen molar-refractivity contribution in [2.24, 2.45) is 10.9 Å². The highest BCUT2D eigenvalue weighted by atomic mass is 16.4. The van der Waals surface area contributed by atoms with Crippen molar-refractivity contribution in [3.05, 3.63) is 46.2 Å². The normalized spacial score (nSPS) is 13.9. The zero-order valence-electron chi connectivity index (χ0n) is 15.7. The Morgan fingerprint density at radius 1 is 1.33 bits per heavy atom. The molecule has 0 saturated carbocycles. The molecule has 1 rings (SSSR count). The molecule has 1 atom stereocenters. The van der Waals surface area contributed by atoms with Crippen LogP contribution in [0.15, 0.2) is 34.5 Å². The summed E-state index contributed by atoms with van der Waals surface area (Å²) in [7, 11) is 0. The number of carboxylic acids is 1. The van der Waals surface area contributed by atoms with E-state index in [9.17, 15) is 9.90 Å². The minimum atomic E-state index is -0.719. The summed E-state index contributed by atoms with van der Waals surface area (Å²) in [4.78, 5) is 15.9. The van der Waals surface area contributed by atoms with Gasteiger partial charge in [0.25, 0.3) is 0 Å². The molecule has 0 saturated heterocycles. The van der Waals surface area contributed by atoms with E-state index in [1.54, 1.807) is 6.21 Å². The average Bonchev–Trinajstić information content (AvgIpc) is 2.54. The fourth-order valence-electron chi connectivity index (χ4n) is 2.92. The Hall–Kier alpha value is -1.90. The molecule has 1 unspecified atom stereocenters. The van der Waals surface area contributed by atoms with E-state index in [4.69, 9.17) is 0 Å². The number of hydrogen-bond donors (Lipinski definition) is 1. The summed E-state index contributed by atoms with van der Waals surface area (Å²) in [5.41, 5.74) is 6.07. The van der Waals surface area contributed by atoms with Crippen molar-refractivity contribution < 1.29 is 9.90 Å². The lowest BCUT2D eigenvalue weighted by molar-refractivity contribution is -0.141. The van der Waals surface area contributed by atoms with E-state index < -0.39 is 5.97 Å². The van der Waals surface area contributed by atoms with Crippen molar-refractivity contribution in [3.8, 4) is 0 Å². The van der Waals surface area contributed by atoms with Crippen LogP contribution in [0.3, 0.4) is 0 Å². The van der Waals surface area contributed by atoms with E-state index in [2.05, 4.69) is 44.0 Å². The molecule has 3 heteroatoms. The maximum Gasteiger partial charge on any atom is 0.306 e. The predicted octanol–water partition coefficient (Wildman–Crippen LogP) is 5.49. The van der Waals surface area contributed by atoms with E-state index in [1.807, 2.05) is 13.8 Å². The summed E-state index contributed by atoms with van der Waals surface area (Å²) in [5, 5.41) is 9.40. The maximum atomic E-state index is 11.4. The molecule has 0 radical (unpaired) electrons. The van der Waals surface area contributed by atoms with Gasteiger partial charge in [-0.2, -0.15) is 0 Å². The number of hydrogen-bond acceptors (Lipinski definition) is 2. The summed E-state index contributed by atoms with van der Waals surface area (Å²) < 4.78 is 0. The van der Waals surface area contributed by atoms with Crippen molar-refractivity contribution in [1.29, 1.82) is 0 Å². The number of aliphatic carboxylic acids is 1. The largest absolute Gasteiger partial charge is 0.481 e. The van der Waals surface area contributed by atoms with Crippen LogP contribution in [0.4, 0.5) is 0 Å². The lowest BCUT2D eigenvalue weighted by atomic mass is 9.94. The van der Waals surface area contributed by atoms with E-state index in [0.29, 0.717) is 12.8 Å². The quantitative estimate of drug-likeness (QED) is 0.609. The molecule has 0 aliphatic heterocycles. The zero-order chi connectivity index (χ0) is 18.1. The fraction of sp³-hybridized carbons (Fsp3) is 0.524. The number of carbonyl (C=O) groups is 1. The minimum Gasteiger partial charge on any atom is -0.481 e. The molecule has 3 nitrogen and oxygen atoms in total. The molecule has 0 heterocycles. The van der Waals surface area contributed by atoms with Crippen molar-refractivity contribution in [1.82, 2.24) is 0 Å². The van der Waals surface area contributed by atoms with Crippen LogP contribution in [0.2, 0.25) is 0 Å². The highest BCUT2D eigenvalue weighted by Gasteiger charge is 2.19. The van der Waals surface area contributed by atoms with Gasteiger partial charge in [-0.05, 0) is 58.1 Å². The van der Waals surface area contributed by atoms with Gasteiger partial charge in [0.15, 0.2) is 0 Å². The molecule has 0 bridgehead atoms. The zero-order valence-corrected chi connectivity index (χ0v) is 15.7. The first-order chi connectivity index (χ1) is 11.4. The Balaban J connectivity index is 2.90. The first-order valence-corrected chi connectivity index (χ1v) is 8.85. The Morgan fingerprint density at radius 3 is 2.62 bits per heavy atom. The van der Waals surface area contributed by atoms with Crippen molar-refractivity contribution in [3.63, 3.8) is 0 Å². The molecular weight excluding hydrogens is 298 g/mol. The Bertz CT molecular complexity index is 614. The monoisotopic (exact) mass is 329 g/mol. The predicted molar refractivity (Wildman–Crippen MR) is 102 cm³/mol. The van der Waals surface area contributed by atoms with E-state index in [-0.39, 0.29) is 5.92 Å². The van der Waals surface area contributed by atoms with Crippen molar-refractivity contribution in [2.75, 3.05) is 0 Å². The second-order valence-electron chi connectivity index (χ2n) is 6.57. The standard InChI is InChI=1S/C21H31NO2/c1-6-8-19(21(23)24)14-20(22-7-2)17(5)11-12-18-13-15(3)9-10-16(18)4/h7,9-10,13,19H,6,8,11-12,14H2,1-5H3,(H,23,24)/b20-17+,22-7?. The number of aliphatic imine (C=N–C) groups is 1. The van der Waals surface area contributed by atoms with Crippen LogP contribution in [0, 0.1) is 19.8 Å². The van der Waals surface area contributed by atoms with Crippen molar-refractivity contribution in [2.45, 2.75) is 66.7 Å². The SMILES string of the molecule is CC=N/C(CC(CCC)C(=O)O)=C(\C)CCc1cc(C)ccc1C. The second-order valence-corrected chi connectivity index (χ2v) is 6.57. The van der Waals surface area contributed by atoms with Crippen LogP contribution in [-0.4, -0.2) is 17.3 Å². The molecule has 0 aliphatic rings. The van der Waals surface area contributed by atoms with Crippen LogP contribution < -0.4 is 0 Å². The summed E-state index contributed by atoms with van der Waals surface area (Å²) in [6.45, 7) is 10.2. The van der Waals surface area contributed by atoms with E-state index >= 15 is 0 Å². The third kappa shape index (κ3) is 6.31. The molecule has 0 aromatic heterocycles. The van der Waals surface area contributed by atoms with Crippen LogP contribution >= 0.6 is 0 Å². The lowest BCUT2D eigenvalue weighted by Crippen LogP contribution is -2.14. The average molecular weight is 329 g/mol. The first-order valence-electron chi connectivity index (χ1n) is 8.85. The number of carboxylic acid groups (broad SMARTS) is 1. The van der Waals surface area contributed by atoms with Crippen molar-refractivity contribution >= 4 is 12.2 Å². The van der Waals surface area contributed by atoms with Gasteiger partial charge in [-0.1, -0.05) is 42.7 Å². The minimum absolute atomic E-state index is 0.343. The Morgan fingerprint density at radius 2 is 2.04 bits per heavy atom. The third-order valence-electron chi connectivity index (χ3n) is 4.48. The smallest absolute Gasteiger partial charge is 0.306 e. The highest BCUT2D eigenvalue weighted by Crippen LogP contribution is 2.24. The van der Waals surface area contributed by atoms with Gasteiger partial charge in [-0.3, -0.25) is 9.79 Å². The molecular formula is C21H31NO2. The maximum absolute atomic E-state index is 11.4. The van der Waals surface area contributed by atoms with E-state index in [0.717, 1.165) is 25.0 Å². The molecule has 24 heavy (non-hydrogen) atoms. The van der Waals surface area contributed by atoms with Crippen LogP contribution in [0.5, 0.6) is 0 Å². The summed E-state index contributed by atoms with van der Waals surface area (Å²) >= 11 is 0. The molecule has 0 amide bonds. The lowest BCUT2D eigenvalue weighted by Gasteiger charge is -2.15. The van der Waals surface area contributed by atoms with Gasteiger partial charge >= 0.3 is 5.97 Å². The van der Waals surface area contributed by atoms with E-state index in [1.165, 1.54) is 22.3 Å². The van der Waals surface area contributed by atoms with Gasteiger partial charge in [0.1, 0.15) is 0 Å². The van der Waals surface area contributed by atoms with Gasteiger partial charge in [0, 0.05) is 18.3 Å². The third-order valence-corrected chi connectivity index (χ3v) is 4.48. The Kier molecular flexibility index (Phi) is 8.45. The molecule has 0 aliphatic carbocycles. The molecule has 0 spiro atoms. The van der Waals surface area contributed by atoms with Crippen LogP contribution in [0.1, 0.15) is 63.1 Å². The number of benzene rings is 1. The number of nitrogens with zero attached hydrogens (tertiary/aromatic N) is 1. The number of rotatable bonds is 9. The van der Waals surface area contributed by atoms with Crippen LogP contribution in [0.25, 0.3) is 0 Å². The van der Waals surface area contributed by atoms with Crippen LogP contribution in [-0.2, 0) is 11.2 Å². The highest BCUT2D eigenvalue weighted by molar-refractivity contribution is 5.70.